The minimum atomic E-state index is -0.837. The zero-order valence-corrected chi connectivity index (χ0v) is 11.9. The van der Waals surface area contributed by atoms with Crippen molar-refractivity contribution in [1.29, 1.82) is 0 Å². The summed E-state index contributed by atoms with van der Waals surface area (Å²) in [7, 11) is 0. The van der Waals surface area contributed by atoms with Crippen molar-refractivity contribution in [1.82, 2.24) is 4.98 Å². The van der Waals surface area contributed by atoms with E-state index in [0.29, 0.717) is 11.5 Å². The average molecular weight is 261 g/mol. The smallest absolute Gasteiger partial charge is 0.337 e. The van der Waals surface area contributed by atoms with Gasteiger partial charge in [0.15, 0.2) is 0 Å². The van der Waals surface area contributed by atoms with Crippen LogP contribution in [-0.2, 0) is 19.3 Å². The first-order valence-corrected chi connectivity index (χ1v) is 7.40. The Bertz CT molecular complexity index is 468. The molecule has 1 heterocycles. The van der Waals surface area contributed by atoms with Crippen LogP contribution in [0.2, 0.25) is 0 Å². The largest absolute Gasteiger partial charge is 0.478 e. The first-order chi connectivity index (χ1) is 9.15. The van der Waals surface area contributed by atoms with Crippen LogP contribution in [0.1, 0.15) is 66.8 Å². The number of aryl methyl sites for hydroxylation is 2. The molecule has 1 aromatic heterocycles. The molecule has 0 spiro atoms. The topological polar surface area (TPSA) is 50.2 Å². The van der Waals surface area contributed by atoms with E-state index in [2.05, 4.69) is 18.8 Å². The first-order valence-electron chi connectivity index (χ1n) is 7.40. The van der Waals surface area contributed by atoms with Gasteiger partial charge in [-0.2, -0.15) is 0 Å². The van der Waals surface area contributed by atoms with Crippen molar-refractivity contribution in [2.24, 2.45) is 5.92 Å². The van der Waals surface area contributed by atoms with Crippen LogP contribution in [0.25, 0.3) is 0 Å². The molecule has 1 aliphatic carbocycles. The molecule has 0 aliphatic heterocycles. The second kappa shape index (κ2) is 6.18. The molecular formula is C16H23NO2. The number of nitrogens with zero attached hydrogens (tertiary/aromatic N) is 1. The second-order valence-electron chi connectivity index (χ2n) is 5.54. The van der Waals surface area contributed by atoms with Crippen LogP contribution >= 0.6 is 0 Å². The summed E-state index contributed by atoms with van der Waals surface area (Å²) in [5.41, 5.74) is 3.49. The number of fused-ring (bicyclic) bond motifs is 1. The number of hydrogen-bond acceptors (Lipinski definition) is 2. The van der Waals surface area contributed by atoms with Crippen molar-refractivity contribution in [3.8, 4) is 0 Å². The summed E-state index contributed by atoms with van der Waals surface area (Å²) >= 11 is 0. The summed E-state index contributed by atoms with van der Waals surface area (Å²) in [5.74, 6) is -0.130. The van der Waals surface area contributed by atoms with E-state index in [1.165, 1.54) is 24.8 Å². The molecule has 0 saturated carbocycles. The van der Waals surface area contributed by atoms with E-state index in [-0.39, 0.29) is 0 Å². The molecule has 1 atom stereocenters. The highest BCUT2D eigenvalue weighted by atomic mass is 16.4. The van der Waals surface area contributed by atoms with Crippen molar-refractivity contribution in [3.05, 3.63) is 28.6 Å². The molecule has 2 rings (SSSR count). The highest BCUT2D eigenvalue weighted by molar-refractivity contribution is 5.89. The summed E-state index contributed by atoms with van der Waals surface area (Å²) in [6.07, 6.45) is 7.34. The zero-order chi connectivity index (χ0) is 13.8. The minimum absolute atomic E-state index is 0.415. The van der Waals surface area contributed by atoms with Gasteiger partial charge in [0.1, 0.15) is 0 Å². The van der Waals surface area contributed by atoms with Gasteiger partial charge in [-0.15, -0.1) is 0 Å². The monoisotopic (exact) mass is 261 g/mol. The standard InChI is InChI=1S/C16H23NO2/c1-3-5-11-7-8-14-12(9-11)10-13(16(18)19)15(17-14)6-4-2/h10-11H,3-9H2,1-2H3,(H,18,19). The van der Waals surface area contributed by atoms with Crippen LogP contribution in [0.3, 0.4) is 0 Å². The second-order valence-corrected chi connectivity index (χ2v) is 5.54. The van der Waals surface area contributed by atoms with Gasteiger partial charge in [-0.05, 0) is 43.2 Å². The van der Waals surface area contributed by atoms with Crippen molar-refractivity contribution in [2.75, 3.05) is 0 Å². The van der Waals surface area contributed by atoms with E-state index in [0.717, 1.165) is 37.1 Å². The number of aromatic carboxylic acids is 1. The number of rotatable bonds is 5. The van der Waals surface area contributed by atoms with Gasteiger partial charge in [-0.3, -0.25) is 4.98 Å². The number of pyridine rings is 1. The third-order valence-electron chi connectivity index (χ3n) is 3.98. The fraction of sp³-hybridized carbons (Fsp3) is 0.625. The molecule has 0 saturated heterocycles. The van der Waals surface area contributed by atoms with Crippen molar-refractivity contribution >= 4 is 5.97 Å². The van der Waals surface area contributed by atoms with Gasteiger partial charge < -0.3 is 5.11 Å². The molecule has 1 aliphatic rings. The van der Waals surface area contributed by atoms with Gasteiger partial charge in [0.05, 0.1) is 11.3 Å². The van der Waals surface area contributed by atoms with Crippen molar-refractivity contribution in [2.45, 2.75) is 58.8 Å². The van der Waals surface area contributed by atoms with E-state index >= 15 is 0 Å². The van der Waals surface area contributed by atoms with E-state index < -0.39 is 5.97 Å². The molecule has 104 valence electrons. The Morgan fingerprint density at radius 3 is 2.84 bits per heavy atom. The average Bonchev–Trinajstić information content (AvgIpc) is 2.38. The molecule has 0 radical (unpaired) electrons. The van der Waals surface area contributed by atoms with E-state index in [1.807, 2.05) is 6.07 Å². The molecule has 3 heteroatoms. The molecule has 3 nitrogen and oxygen atoms in total. The minimum Gasteiger partial charge on any atom is -0.478 e. The predicted molar refractivity (Wildman–Crippen MR) is 75.6 cm³/mol. The lowest BCUT2D eigenvalue weighted by Crippen LogP contribution is -2.18. The molecule has 1 aromatic rings. The van der Waals surface area contributed by atoms with E-state index in [9.17, 15) is 9.90 Å². The predicted octanol–water partition coefficient (Wildman–Crippen LogP) is 3.64. The van der Waals surface area contributed by atoms with Crippen LogP contribution in [0.5, 0.6) is 0 Å². The number of carboxylic acids is 1. The summed E-state index contributed by atoms with van der Waals surface area (Å²) in [6.45, 7) is 4.27. The van der Waals surface area contributed by atoms with Crippen LogP contribution in [-0.4, -0.2) is 16.1 Å². The maximum atomic E-state index is 11.3. The molecule has 0 amide bonds. The summed E-state index contributed by atoms with van der Waals surface area (Å²) in [6, 6.07) is 1.89. The number of aromatic nitrogens is 1. The third kappa shape index (κ3) is 3.14. The van der Waals surface area contributed by atoms with Gasteiger partial charge in [0.2, 0.25) is 0 Å². The highest BCUT2D eigenvalue weighted by Crippen LogP contribution is 2.29. The number of carbonyl (C=O) groups is 1. The molecule has 1 unspecified atom stereocenters. The molecular weight excluding hydrogens is 238 g/mol. The Hall–Kier alpha value is -1.38. The van der Waals surface area contributed by atoms with Crippen LogP contribution in [0.15, 0.2) is 6.07 Å². The van der Waals surface area contributed by atoms with Gasteiger partial charge in [-0.1, -0.05) is 33.1 Å². The van der Waals surface area contributed by atoms with E-state index in [4.69, 9.17) is 0 Å². The van der Waals surface area contributed by atoms with Crippen LogP contribution in [0.4, 0.5) is 0 Å². The molecule has 0 bridgehead atoms. The Balaban J connectivity index is 2.32. The lowest BCUT2D eigenvalue weighted by molar-refractivity contribution is 0.0695. The fourth-order valence-electron chi connectivity index (χ4n) is 3.05. The SMILES string of the molecule is CCCc1nc2c(cc1C(=O)O)CC(CCC)CC2. The first kappa shape index (κ1) is 14.0. The Morgan fingerprint density at radius 2 is 2.21 bits per heavy atom. The lowest BCUT2D eigenvalue weighted by atomic mass is 9.83. The van der Waals surface area contributed by atoms with Crippen molar-refractivity contribution in [3.63, 3.8) is 0 Å². The summed E-state index contributed by atoms with van der Waals surface area (Å²) in [4.78, 5) is 16.0. The number of hydrogen-bond donors (Lipinski definition) is 1. The maximum Gasteiger partial charge on any atom is 0.337 e. The maximum absolute atomic E-state index is 11.3. The zero-order valence-electron chi connectivity index (χ0n) is 11.9. The molecule has 0 aromatic carbocycles. The summed E-state index contributed by atoms with van der Waals surface area (Å²) in [5, 5.41) is 9.32. The molecule has 19 heavy (non-hydrogen) atoms. The van der Waals surface area contributed by atoms with E-state index in [1.54, 1.807) is 0 Å². The quantitative estimate of drug-likeness (QED) is 0.880. The Kier molecular flexibility index (Phi) is 4.56. The van der Waals surface area contributed by atoms with Crippen LogP contribution < -0.4 is 0 Å². The Labute approximate surface area is 115 Å². The van der Waals surface area contributed by atoms with Gasteiger partial charge in [0, 0.05) is 5.69 Å². The number of carboxylic acid groups (broad SMARTS) is 1. The Morgan fingerprint density at radius 1 is 1.42 bits per heavy atom. The highest BCUT2D eigenvalue weighted by Gasteiger charge is 2.22. The van der Waals surface area contributed by atoms with Crippen LogP contribution in [0, 0.1) is 5.92 Å². The fourth-order valence-corrected chi connectivity index (χ4v) is 3.05. The summed E-state index contributed by atoms with van der Waals surface area (Å²) < 4.78 is 0. The lowest BCUT2D eigenvalue weighted by Gasteiger charge is -2.24. The van der Waals surface area contributed by atoms with Gasteiger partial charge >= 0.3 is 5.97 Å². The molecule has 1 N–H and O–H groups in total. The molecule has 0 fully saturated rings. The van der Waals surface area contributed by atoms with Gasteiger partial charge in [0.25, 0.3) is 0 Å². The normalized spacial score (nSPS) is 18.1. The van der Waals surface area contributed by atoms with Crippen molar-refractivity contribution < 1.29 is 9.90 Å². The van der Waals surface area contributed by atoms with Gasteiger partial charge in [-0.25, -0.2) is 4.79 Å². The third-order valence-corrected chi connectivity index (χ3v) is 3.98.